The van der Waals surface area contributed by atoms with Gasteiger partial charge in [0.2, 0.25) is 0 Å². The minimum absolute atomic E-state index is 0.273. The highest BCUT2D eigenvalue weighted by Gasteiger charge is 2.23. The Kier molecular flexibility index (Phi) is 4.36. The van der Waals surface area contributed by atoms with Gasteiger partial charge in [-0.1, -0.05) is 6.92 Å². The molecule has 7 heteroatoms. The quantitative estimate of drug-likeness (QED) is 0.506. The number of benzene rings is 1. The average Bonchev–Trinajstić information content (AvgIpc) is 3.30. The number of likely N-dealkylation sites (tertiary alicyclic amines) is 1. The first-order chi connectivity index (χ1) is 13.6. The molecule has 0 amide bonds. The molecule has 4 heterocycles. The molecule has 1 saturated heterocycles. The molecule has 144 valence electrons. The molecule has 0 radical (unpaired) electrons. The molecule has 4 aromatic rings. The lowest BCUT2D eigenvalue weighted by atomic mass is 9.98. The topological polar surface area (TPSA) is 46.3 Å². The Labute approximate surface area is 166 Å². The molecule has 0 saturated carbocycles. The molecule has 28 heavy (non-hydrogen) atoms. The van der Waals surface area contributed by atoms with Crippen LogP contribution in [0.15, 0.2) is 30.5 Å². The van der Waals surface area contributed by atoms with E-state index in [-0.39, 0.29) is 5.82 Å². The highest BCUT2D eigenvalue weighted by Crippen LogP contribution is 2.36. The number of nitrogens with zero attached hydrogens (tertiary/aromatic N) is 5. The maximum Gasteiger partial charge on any atom is 0.153 e. The Bertz CT molecular complexity index is 1160. The smallest absolute Gasteiger partial charge is 0.153 e. The minimum Gasteiger partial charge on any atom is -0.304 e. The summed E-state index contributed by atoms with van der Waals surface area (Å²) in [6.45, 7) is 7.42. The number of aromatic nitrogens is 4. The molecule has 1 aliphatic rings. The fourth-order valence-electron chi connectivity index (χ4n) is 3.98. The van der Waals surface area contributed by atoms with Crippen LogP contribution in [0.1, 0.15) is 36.4 Å². The third-order valence-corrected chi connectivity index (χ3v) is 6.75. The van der Waals surface area contributed by atoms with Crippen molar-refractivity contribution in [2.75, 3.05) is 19.6 Å². The second kappa shape index (κ2) is 6.90. The van der Waals surface area contributed by atoms with Gasteiger partial charge in [0, 0.05) is 11.5 Å². The van der Waals surface area contributed by atoms with Crippen molar-refractivity contribution in [2.24, 2.45) is 0 Å². The number of imidazole rings is 1. The zero-order chi connectivity index (χ0) is 19.3. The Morgan fingerprint density at radius 3 is 2.79 bits per heavy atom. The molecule has 0 unspecified atom stereocenters. The summed E-state index contributed by atoms with van der Waals surface area (Å²) in [5.41, 5.74) is 3.70. The zero-order valence-electron chi connectivity index (χ0n) is 16.0. The van der Waals surface area contributed by atoms with Crippen LogP contribution in [0.2, 0.25) is 0 Å². The van der Waals surface area contributed by atoms with Crippen molar-refractivity contribution in [3.8, 4) is 11.3 Å². The van der Waals surface area contributed by atoms with Gasteiger partial charge >= 0.3 is 0 Å². The summed E-state index contributed by atoms with van der Waals surface area (Å²) in [6, 6.07) is 7.37. The number of rotatable bonds is 3. The molecule has 3 aromatic heterocycles. The molecule has 0 aliphatic carbocycles. The number of piperidine rings is 1. The van der Waals surface area contributed by atoms with E-state index in [1.807, 2.05) is 31.3 Å². The lowest BCUT2D eigenvalue weighted by Gasteiger charge is -2.29. The zero-order valence-corrected chi connectivity index (χ0v) is 16.8. The Morgan fingerprint density at radius 1 is 1.18 bits per heavy atom. The second-order valence-electron chi connectivity index (χ2n) is 7.47. The van der Waals surface area contributed by atoms with E-state index in [1.54, 1.807) is 21.9 Å². The summed E-state index contributed by atoms with van der Waals surface area (Å²) in [5.74, 6) is 0.163. The Morgan fingerprint density at radius 2 is 2.00 bits per heavy atom. The van der Waals surface area contributed by atoms with E-state index in [9.17, 15) is 4.39 Å². The summed E-state index contributed by atoms with van der Waals surface area (Å²) in [6.07, 6.45) is 4.07. The molecule has 1 aromatic carbocycles. The minimum atomic E-state index is -0.273. The fourth-order valence-corrected chi connectivity index (χ4v) is 5.17. The van der Waals surface area contributed by atoms with Crippen LogP contribution < -0.4 is 0 Å². The second-order valence-corrected chi connectivity index (χ2v) is 8.53. The molecule has 5 nitrogen and oxygen atoms in total. The number of fused-ring (bicyclic) bond motifs is 2. The maximum absolute atomic E-state index is 14.8. The van der Waals surface area contributed by atoms with Crippen LogP contribution in [-0.2, 0) is 0 Å². The third kappa shape index (κ3) is 3.08. The molecular weight excluding hydrogens is 373 g/mol. The van der Waals surface area contributed by atoms with Crippen molar-refractivity contribution < 1.29 is 4.39 Å². The van der Waals surface area contributed by atoms with Gasteiger partial charge in [-0.2, -0.15) is 5.10 Å². The molecule has 1 aliphatic heterocycles. The van der Waals surface area contributed by atoms with Gasteiger partial charge in [0.1, 0.15) is 5.52 Å². The van der Waals surface area contributed by atoms with E-state index in [0.29, 0.717) is 11.4 Å². The van der Waals surface area contributed by atoms with Crippen LogP contribution in [-0.4, -0.2) is 44.1 Å². The van der Waals surface area contributed by atoms with Gasteiger partial charge in [-0.15, -0.1) is 11.3 Å². The largest absolute Gasteiger partial charge is 0.304 e. The van der Waals surface area contributed by atoms with Crippen LogP contribution >= 0.6 is 11.3 Å². The first-order valence-electron chi connectivity index (χ1n) is 9.76. The van der Waals surface area contributed by atoms with Gasteiger partial charge in [0.15, 0.2) is 11.5 Å². The standard InChI is InChI=1S/C21H22FN5S/c1-3-26-8-6-14(7-9-26)21-24-20-16(22)10-15(11-18(20)28-21)17-4-5-19-23-13(2)12-27(19)25-17/h4-5,10-12,14H,3,6-9H2,1-2H3. The number of hydrogen-bond acceptors (Lipinski definition) is 5. The Hall–Kier alpha value is -2.38. The van der Waals surface area contributed by atoms with Gasteiger partial charge < -0.3 is 4.90 Å². The van der Waals surface area contributed by atoms with Crippen molar-refractivity contribution in [1.29, 1.82) is 0 Å². The van der Waals surface area contributed by atoms with Crippen LogP contribution in [0.25, 0.3) is 27.1 Å². The fraction of sp³-hybridized carbons (Fsp3) is 0.381. The van der Waals surface area contributed by atoms with Crippen LogP contribution in [0.3, 0.4) is 0 Å². The normalized spacial score (nSPS) is 16.4. The maximum atomic E-state index is 14.8. The summed E-state index contributed by atoms with van der Waals surface area (Å²) in [5, 5.41) is 5.66. The van der Waals surface area contributed by atoms with Crippen molar-refractivity contribution in [1.82, 2.24) is 24.5 Å². The number of halogens is 1. The first-order valence-corrected chi connectivity index (χ1v) is 10.6. The molecule has 0 atom stereocenters. The van der Waals surface area contributed by atoms with Crippen molar-refractivity contribution in [3.63, 3.8) is 0 Å². The molecule has 0 spiro atoms. The average molecular weight is 396 g/mol. The predicted molar refractivity (Wildman–Crippen MR) is 110 cm³/mol. The predicted octanol–water partition coefficient (Wildman–Crippen LogP) is 4.65. The summed E-state index contributed by atoms with van der Waals surface area (Å²) >= 11 is 1.63. The van der Waals surface area contributed by atoms with Crippen LogP contribution in [0, 0.1) is 12.7 Å². The van der Waals surface area contributed by atoms with E-state index in [2.05, 4.69) is 26.9 Å². The summed E-state index contributed by atoms with van der Waals surface area (Å²) in [7, 11) is 0. The molecule has 5 rings (SSSR count). The van der Waals surface area contributed by atoms with E-state index in [0.717, 1.165) is 64.8 Å². The number of aryl methyl sites for hydroxylation is 1. The number of thiazole rings is 1. The molecule has 0 N–H and O–H groups in total. The van der Waals surface area contributed by atoms with Crippen LogP contribution in [0.5, 0.6) is 0 Å². The lowest BCUT2D eigenvalue weighted by molar-refractivity contribution is 0.222. The first kappa shape index (κ1) is 17.7. The van der Waals surface area contributed by atoms with Gasteiger partial charge in [0.05, 0.1) is 27.3 Å². The van der Waals surface area contributed by atoms with Gasteiger partial charge in [0.25, 0.3) is 0 Å². The summed E-state index contributed by atoms with van der Waals surface area (Å²) in [4.78, 5) is 11.5. The van der Waals surface area contributed by atoms with Crippen molar-refractivity contribution in [2.45, 2.75) is 32.6 Å². The summed E-state index contributed by atoms with van der Waals surface area (Å²) < 4.78 is 17.5. The van der Waals surface area contributed by atoms with Gasteiger partial charge in [-0.05, 0) is 63.7 Å². The molecule has 1 fully saturated rings. The van der Waals surface area contributed by atoms with E-state index < -0.39 is 0 Å². The monoisotopic (exact) mass is 395 g/mol. The van der Waals surface area contributed by atoms with Gasteiger partial charge in [-0.3, -0.25) is 0 Å². The molecular formula is C21H22FN5S. The van der Waals surface area contributed by atoms with E-state index in [1.165, 1.54) is 0 Å². The highest BCUT2D eigenvalue weighted by molar-refractivity contribution is 7.18. The lowest BCUT2D eigenvalue weighted by Crippen LogP contribution is -2.32. The van der Waals surface area contributed by atoms with E-state index in [4.69, 9.17) is 0 Å². The van der Waals surface area contributed by atoms with Crippen molar-refractivity contribution >= 4 is 27.2 Å². The SMILES string of the molecule is CCN1CCC(c2nc3c(F)cc(-c4ccc5nc(C)cn5n4)cc3s2)CC1. The van der Waals surface area contributed by atoms with Crippen molar-refractivity contribution in [3.05, 3.63) is 47.0 Å². The third-order valence-electron chi connectivity index (χ3n) is 5.59. The molecule has 0 bridgehead atoms. The highest BCUT2D eigenvalue weighted by atomic mass is 32.1. The number of hydrogen-bond donors (Lipinski definition) is 0. The van der Waals surface area contributed by atoms with Gasteiger partial charge in [-0.25, -0.2) is 18.9 Å². The van der Waals surface area contributed by atoms with Crippen LogP contribution in [0.4, 0.5) is 4.39 Å². The Balaban J connectivity index is 1.51. The van der Waals surface area contributed by atoms with E-state index >= 15 is 0 Å².